The fraction of sp³-hybridized carbons (Fsp3) is 0.950. The molecule has 0 spiro atoms. The van der Waals surface area contributed by atoms with Crippen LogP contribution in [0.4, 0.5) is 0 Å². The number of hydrogen-bond donors (Lipinski definition) is 3. The average Bonchev–Trinajstić information content (AvgIpc) is 0.989. The van der Waals surface area contributed by atoms with Gasteiger partial charge in [0.25, 0.3) is 0 Å². The molecule has 3 N–H and O–H groups in total. The number of phosphoric ester groups is 2. The molecule has 0 amide bonds. The van der Waals surface area contributed by atoms with Gasteiger partial charge in [-0.3, -0.25) is 37.3 Å². The van der Waals surface area contributed by atoms with Gasteiger partial charge in [-0.2, -0.15) is 0 Å². The van der Waals surface area contributed by atoms with Crippen molar-refractivity contribution in [2.24, 2.45) is 17.8 Å². The minimum absolute atomic E-state index is 0.105. The van der Waals surface area contributed by atoms with Gasteiger partial charge in [-0.1, -0.05) is 363 Å². The Morgan fingerprint density at radius 3 is 0.768 bits per heavy atom. The number of unbranched alkanes of at least 4 members (excludes halogenated alkanes) is 44. The Kier molecular flexibility index (Phi) is 69.0. The van der Waals surface area contributed by atoms with E-state index in [4.69, 9.17) is 37.0 Å². The molecule has 0 aromatic rings. The van der Waals surface area contributed by atoms with E-state index in [1.165, 1.54) is 225 Å². The first kappa shape index (κ1) is 97.1. The van der Waals surface area contributed by atoms with Crippen molar-refractivity contribution in [1.82, 2.24) is 0 Å². The normalized spacial score (nSPS) is 14.5. The molecule has 0 aromatic heterocycles. The Bertz CT molecular complexity index is 1930. The molecule has 0 rings (SSSR count). The molecule has 0 saturated carbocycles. The summed E-state index contributed by atoms with van der Waals surface area (Å²) in [4.78, 5) is 73.0. The smallest absolute Gasteiger partial charge is 0.462 e. The molecule has 0 aliphatic heterocycles. The first-order valence-corrected chi connectivity index (χ1v) is 44.4. The third-order valence-corrected chi connectivity index (χ3v) is 21.3. The Hall–Kier alpha value is -1.94. The predicted molar refractivity (Wildman–Crippen MR) is 405 cm³/mol. The first-order valence-electron chi connectivity index (χ1n) is 41.4. The zero-order valence-corrected chi connectivity index (χ0v) is 66.8. The van der Waals surface area contributed by atoms with Crippen molar-refractivity contribution >= 4 is 39.5 Å². The molecule has 99 heavy (non-hydrogen) atoms. The lowest BCUT2D eigenvalue weighted by atomic mass is 9.99. The minimum atomic E-state index is -4.96. The summed E-state index contributed by atoms with van der Waals surface area (Å²) >= 11 is 0. The Balaban J connectivity index is 5.25. The summed E-state index contributed by atoms with van der Waals surface area (Å²) in [5.74, 6) is 0.214. The topological polar surface area (TPSA) is 237 Å². The van der Waals surface area contributed by atoms with Gasteiger partial charge in [0.15, 0.2) is 12.2 Å². The lowest BCUT2D eigenvalue weighted by Crippen LogP contribution is -2.30. The van der Waals surface area contributed by atoms with Crippen molar-refractivity contribution < 1.29 is 80.2 Å². The number of esters is 4. The standard InChI is InChI=1S/C80H156O17P2/c1-8-11-12-13-14-15-16-17-18-19-20-21-22-23-24-29-32-42-49-56-63-79(84)96-75(67-90-77(82)61-54-47-40-31-28-26-25-27-30-37-44-51-58-71(4)5)69-94-98(86,87)92-65-74(81)66-93-99(88,89)95-70-76(97-80(85)64-57-50-43-36-34-39-46-53-60-73(7)10-3)68-91-78(83)62-55-48-41-35-33-38-45-52-59-72(6)9-2/h71-76,81H,8-70H2,1-7H3,(H,86,87)(H,88,89)/t72?,73?,74-,75-,76-/m1/s1. The van der Waals surface area contributed by atoms with E-state index in [1.54, 1.807) is 0 Å². The minimum Gasteiger partial charge on any atom is -0.462 e. The van der Waals surface area contributed by atoms with E-state index in [-0.39, 0.29) is 25.7 Å². The molecule has 4 unspecified atom stereocenters. The van der Waals surface area contributed by atoms with E-state index in [0.29, 0.717) is 25.7 Å². The number of rotatable bonds is 78. The van der Waals surface area contributed by atoms with Crippen LogP contribution in [0.3, 0.4) is 0 Å². The molecule has 0 aliphatic rings. The summed E-state index contributed by atoms with van der Waals surface area (Å²) in [6.07, 6.45) is 58.2. The highest BCUT2D eigenvalue weighted by atomic mass is 31.2. The number of phosphoric acid groups is 2. The summed E-state index contributed by atoms with van der Waals surface area (Å²) < 4.78 is 68.7. The highest BCUT2D eigenvalue weighted by Crippen LogP contribution is 2.45. The summed E-state index contributed by atoms with van der Waals surface area (Å²) in [6, 6.07) is 0. The van der Waals surface area contributed by atoms with Gasteiger partial charge < -0.3 is 33.8 Å². The second-order valence-corrected chi connectivity index (χ2v) is 32.7. The average molecular weight is 1450 g/mol. The molecule has 0 aliphatic carbocycles. The number of ether oxygens (including phenoxy) is 4. The molecular formula is C80H156O17P2. The van der Waals surface area contributed by atoms with Crippen LogP contribution in [0.2, 0.25) is 0 Å². The maximum Gasteiger partial charge on any atom is 0.472 e. The van der Waals surface area contributed by atoms with Crippen LogP contribution in [0.1, 0.15) is 414 Å². The van der Waals surface area contributed by atoms with E-state index in [1.807, 2.05) is 0 Å². The maximum atomic E-state index is 13.1. The number of carbonyl (C=O) groups is 4. The van der Waals surface area contributed by atoms with E-state index < -0.39 is 97.5 Å². The second-order valence-electron chi connectivity index (χ2n) is 29.8. The zero-order chi connectivity index (χ0) is 73.0. The zero-order valence-electron chi connectivity index (χ0n) is 65.0. The molecule has 588 valence electrons. The Morgan fingerprint density at radius 1 is 0.293 bits per heavy atom. The fourth-order valence-corrected chi connectivity index (χ4v) is 13.8. The van der Waals surface area contributed by atoms with Gasteiger partial charge in [-0.15, -0.1) is 0 Å². The third kappa shape index (κ3) is 71.5. The van der Waals surface area contributed by atoms with Gasteiger partial charge in [-0.25, -0.2) is 9.13 Å². The summed E-state index contributed by atoms with van der Waals surface area (Å²) in [7, 11) is -9.92. The van der Waals surface area contributed by atoms with Crippen LogP contribution < -0.4 is 0 Å². The molecule has 0 fully saturated rings. The van der Waals surface area contributed by atoms with Crippen LogP contribution in [0.15, 0.2) is 0 Å². The Labute approximate surface area is 607 Å². The van der Waals surface area contributed by atoms with E-state index in [9.17, 15) is 43.2 Å². The quantitative estimate of drug-likeness (QED) is 0.0222. The Morgan fingerprint density at radius 2 is 0.515 bits per heavy atom. The van der Waals surface area contributed by atoms with Gasteiger partial charge in [0.05, 0.1) is 26.4 Å². The number of hydrogen-bond acceptors (Lipinski definition) is 15. The van der Waals surface area contributed by atoms with Gasteiger partial charge >= 0.3 is 39.5 Å². The van der Waals surface area contributed by atoms with Gasteiger partial charge in [0.2, 0.25) is 0 Å². The highest BCUT2D eigenvalue weighted by Gasteiger charge is 2.30. The molecule has 19 heteroatoms. The SMILES string of the molecule is CCCCCCCCCCCCCCCCCCCCCCC(=O)O[C@H](COC(=O)CCCCCCCCCCCCCCC(C)C)COP(=O)(O)OC[C@@H](O)COP(=O)(O)OC[C@@H](COC(=O)CCCCCCCCCCC(C)CC)OC(=O)CCCCCCCCCCC(C)CC. The van der Waals surface area contributed by atoms with Crippen LogP contribution in [0.5, 0.6) is 0 Å². The predicted octanol–water partition coefficient (Wildman–Crippen LogP) is 23.7. The molecule has 0 saturated heterocycles. The van der Waals surface area contributed by atoms with Crippen LogP contribution in [0, 0.1) is 17.8 Å². The van der Waals surface area contributed by atoms with E-state index >= 15 is 0 Å². The molecule has 0 aromatic carbocycles. The van der Waals surface area contributed by atoms with Crippen LogP contribution in [0.25, 0.3) is 0 Å². The van der Waals surface area contributed by atoms with E-state index in [2.05, 4.69) is 48.5 Å². The largest absolute Gasteiger partial charge is 0.472 e. The van der Waals surface area contributed by atoms with Crippen LogP contribution in [-0.4, -0.2) is 96.7 Å². The monoisotopic (exact) mass is 1450 g/mol. The number of aliphatic hydroxyl groups excluding tert-OH is 1. The van der Waals surface area contributed by atoms with Crippen molar-refractivity contribution in [3.8, 4) is 0 Å². The molecule has 0 bridgehead atoms. The maximum absolute atomic E-state index is 13.1. The van der Waals surface area contributed by atoms with Gasteiger partial charge in [-0.05, 0) is 43.4 Å². The molecular weight excluding hydrogens is 1290 g/mol. The molecule has 0 heterocycles. The summed E-state index contributed by atoms with van der Waals surface area (Å²) in [5.41, 5.74) is 0. The summed E-state index contributed by atoms with van der Waals surface area (Å²) in [5, 5.41) is 10.6. The van der Waals surface area contributed by atoms with E-state index in [0.717, 1.165) is 108 Å². The van der Waals surface area contributed by atoms with Gasteiger partial charge in [0, 0.05) is 25.7 Å². The van der Waals surface area contributed by atoms with Crippen molar-refractivity contribution in [3.05, 3.63) is 0 Å². The van der Waals surface area contributed by atoms with Crippen molar-refractivity contribution in [2.45, 2.75) is 433 Å². The second kappa shape index (κ2) is 70.4. The van der Waals surface area contributed by atoms with Crippen LogP contribution in [-0.2, 0) is 65.4 Å². The summed E-state index contributed by atoms with van der Waals surface area (Å²) in [6.45, 7) is 11.9. The molecule has 0 radical (unpaired) electrons. The lowest BCUT2D eigenvalue weighted by molar-refractivity contribution is -0.161. The third-order valence-electron chi connectivity index (χ3n) is 19.4. The number of aliphatic hydroxyl groups is 1. The van der Waals surface area contributed by atoms with Crippen LogP contribution >= 0.6 is 15.6 Å². The van der Waals surface area contributed by atoms with Crippen molar-refractivity contribution in [2.75, 3.05) is 39.6 Å². The molecule has 17 nitrogen and oxygen atoms in total. The van der Waals surface area contributed by atoms with Gasteiger partial charge in [0.1, 0.15) is 19.3 Å². The highest BCUT2D eigenvalue weighted by molar-refractivity contribution is 7.47. The van der Waals surface area contributed by atoms with Crippen molar-refractivity contribution in [1.29, 1.82) is 0 Å². The first-order chi connectivity index (χ1) is 47.8. The van der Waals surface area contributed by atoms with Crippen molar-refractivity contribution in [3.63, 3.8) is 0 Å². The number of carbonyl (C=O) groups excluding carboxylic acids is 4. The lowest BCUT2D eigenvalue weighted by Gasteiger charge is -2.21. The molecule has 7 atom stereocenters. The fourth-order valence-electron chi connectivity index (χ4n) is 12.2.